The highest BCUT2D eigenvalue weighted by Crippen LogP contribution is 2.20. The van der Waals surface area contributed by atoms with E-state index >= 15 is 0 Å². The topological polar surface area (TPSA) is 55.1 Å². The Labute approximate surface area is 119 Å². The molecule has 1 amide bonds. The maximum atomic E-state index is 13.6. The molecule has 2 rings (SSSR count). The van der Waals surface area contributed by atoms with Crippen LogP contribution < -0.4 is 11.1 Å². The minimum atomic E-state index is -0.629. The van der Waals surface area contributed by atoms with Gasteiger partial charge in [-0.3, -0.25) is 4.79 Å². The molecule has 2 aromatic rings. The second-order valence-electron chi connectivity index (χ2n) is 4.15. The summed E-state index contributed by atoms with van der Waals surface area (Å²) in [5.74, 6) is -1.62. The van der Waals surface area contributed by atoms with Gasteiger partial charge in [0, 0.05) is 23.4 Å². The number of anilines is 1. The molecule has 0 heterocycles. The summed E-state index contributed by atoms with van der Waals surface area (Å²) in [6, 6.07) is 7.95. The maximum Gasteiger partial charge on any atom is 0.248 e. The van der Waals surface area contributed by atoms with E-state index in [1.807, 2.05) is 0 Å². The average molecular weight is 297 g/mol. The predicted octanol–water partition coefficient (Wildman–Crippen LogP) is 3.33. The standard InChI is InChI=1S/C14H11ClF2N2O/c15-11-6-10(2-4-13(11)17)19-7-9-5-8(14(18)20)1-3-12(9)16/h1-6,19H,7H2,(H2,18,20). The molecule has 0 radical (unpaired) electrons. The third-order valence-electron chi connectivity index (χ3n) is 2.73. The van der Waals surface area contributed by atoms with E-state index in [9.17, 15) is 13.6 Å². The Bertz CT molecular complexity index is 662. The van der Waals surface area contributed by atoms with E-state index in [2.05, 4.69) is 5.32 Å². The summed E-state index contributed by atoms with van der Waals surface area (Å²) >= 11 is 5.64. The fourth-order valence-corrected chi connectivity index (χ4v) is 1.85. The van der Waals surface area contributed by atoms with Gasteiger partial charge in [-0.05, 0) is 36.4 Å². The number of rotatable bonds is 4. The van der Waals surface area contributed by atoms with Crippen LogP contribution >= 0.6 is 11.6 Å². The molecule has 0 spiro atoms. The quantitative estimate of drug-likeness (QED) is 0.909. The van der Waals surface area contributed by atoms with Gasteiger partial charge < -0.3 is 11.1 Å². The lowest BCUT2D eigenvalue weighted by atomic mass is 10.1. The van der Waals surface area contributed by atoms with Crippen LogP contribution in [0.2, 0.25) is 5.02 Å². The molecule has 0 atom stereocenters. The van der Waals surface area contributed by atoms with Gasteiger partial charge in [0.25, 0.3) is 0 Å². The number of carbonyl (C=O) groups is 1. The first-order valence-electron chi connectivity index (χ1n) is 5.74. The molecule has 0 unspecified atom stereocenters. The summed E-state index contributed by atoms with van der Waals surface area (Å²) in [4.78, 5) is 11.0. The molecule has 0 fully saturated rings. The van der Waals surface area contributed by atoms with Crippen LogP contribution in [0.1, 0.15) is 15.9 Å². The lowest BCUT2D eigenvalue weighted by molar-refractivity contribution is 0.1000. The largest absolute Gasteiger partial charge is 0.381 e. The Morgan fingerprint density at radius 1 is 1.15 bits per heavy atom. The number of nitrogens with one attached hydrogen (secondary N) is 1. The fraction of sp³-hybridized carbons (Fsp3) is 0.0714. The van der Waals surface area contributed by atoms with Crippen molar-refractivity contribution < 1.29 is 13.6 Å². The summed E-state index contributed by atoms with van der Waals surface area (Å²) in [5, 5.41) is 2.87. The van der Waals surface area contributed by atoms with Crippen LogP contribution in [0.5, 0.6) is 0 Å². The van der Waals surface area contributed by atoms with Crippen LogP contribution in [0.3, 0.4) is 0 Å². The maximum absolute atomic E-state index is 13.6. The van der Waals surface area contributed by atoms with Crippen molar-refractivity contribution in [1.29, 1.82) is 0 Å². The third kappa shape index (κ3) is 3.24. The van der Waals surface area contributed by atoms with Crippen LogP contribution in [0.4, 0.5) is 14.5 Å². The lowest BCUT2D eigenvalue weighted by Gasteiger charge is -2.09. The minimum Gasteiger partial charge on any atom is -0.381 e. The van der Waals surface area contributed by atoms with Crippen molar-refractivity contribution >= 4 is 23.2 Å². The van der Waals surface area contributed by atoms with Crippen molar-refractivity contribution in [1.82, 2.24) is 0 Å². The Balaban J connectivity index is 2.15. The van der Waals surface area contributed by atoms with Crippen LogP contribution in [-0.4, -0.2) is 5.91 Å². The summed E-state index contributed by atoms with van der Waals surface area (Å²) < 4.78 is 26.6. The Morgan fingerprint density at radius 2 is 1.85 bits per heavy atom. The molecule has 0 bridgehead atoms. The zero-order chi connectivity index (χ0) is 14.7. The molecule has 0 aliphatic carbocycles. The van der Waals surface area contributed by atoms with Crippen LogP contribution in [0.15, 0.2) is 36.4 Å². The highest BCUT2D eigenvalue weighted by Gasteiger charge is 2.07. The monoisotopic (exact) mass is 296 g/mol. The SMILES string of the molecule is NC(=O)c1ccc(F)c(CNc2ccc(F)c(Cl)c2)c1. The Hall–Kier alpha value is -2.14. The average Bonchev–Trinajstić information content (AvgIpc) is 2.41. The highest BCUT2D eigenvalue weighted by atomic mass is 35.5. The van der Waals surface area contributed by atoms with Gasteiger partial charge in [0.2, 0.25) is 5.91 Å². The number of amides is 1. The molecule has 0 aliphatic rings. The number of carbonyl (C=O) groups excluding carboxylic acids is 1. The molecule has 0 saturated carbocycles. The minimum absolute atomic E-state index is 0.0265. The van der Waals surface area contributed by atoms with E-state index in [0.29, 0.717) is 5.69 Å². The van der Waals surface area contributed by atoms with Crippen molar-refractivity contribution in [2.75, 3.05) is 5.32 Å². The molecule has 3 nitrogen and oxygen atoms in total. The highest BCUT2D eigenvalue weighted by molar-refractivity contribution is 6.31. The van der Waals surface area contributed by atoms with Gasteiger partial charge in [-0.2, -0.15) is 0 Å². The molecule has 2 aromatic carbocycles. The van der Waals surface area contributed by atoms with Gasteiger partial charge in [-0.1, -0.05) is 11.6 Å². The third-order valence-corrected chi connectivity index (χ3v) is 3.02. The first-order valence-corrected chi connectivity index (χ1v) is 6.12. The van der Waals surface area contributed by atoms with E-state index in [1.165, 1.54) is 36.4 Å². The lowest BCUT2D eigenvalue weighted by Crippen LogP contribution is -2.12. The number of benzene rings is 2. The zero-order valence-electron chi connectivity index (χ0n) is 10.3. The fourth-order valence-electron chi connectivity index (χ4n) is 1.67. The smallest absolute Gasteiger partial charge is 0.248 e. The number of nitrogens with two attached hydrogens (primary N) is 1. The van der Waals surface area contributed by atoms with Crippen molar-refractivity contribution in [3.63, 3.8) is 0 Å². The molecule has 0 aromatic heterocycles. The van der Waals surface area contributed by atoms with Gasteiger partial charge in [0.15, 0.2) is 0 Å². The second kappa shape index (κ2) is 5.88. The Morgan fingerprint density at radius 3 is 2.50 bits per heavy atom. The van der Waals surface area contributed by atoms with Crippen molar-refractivity contribution in [3.8, 4) is 0 Å². The number of hydrogen-bond acceptors (Lipinski definition) is 2. The molecule has 104 valence electrons. The van der Waals surface area contributed by atoms with Crippen molar-refractivity contribution in [2.45, 2.75) is 6.54 Å². The predicted molar refractivity (Wildman–Crippen MR) is 73.7 cm³/mol. The van der Waals surface area contributed by atoms with Gasteiger partial charge in [0.1, 0.15) is 11.6 Å². The second-order valence-corrected chi connectivity index (χ2v) is 4.56. The Kier molecular flexibility index (Phi) is 4.20. The first-order chi connectivity index (χ1) is 9.47. The van der Waals surface area contributed by atoms with Crippen LogP contribution in [0.25, 0.3) is 0 Å². The molecule has 3 N–H and O–H groups in total. The summed E-state index contributed by atoms with van der Waals surface area (Å²) in [6.07, 6.45) is 0. The molecule has 0 saturated heterocycles. The number of primary amides is 1. The zero-order valence-corrected chi connectivity index (χ0v) is 11.0. The number of hydrogen-bond donors (Lipinski definition) is 2. The molecule has 6 heteroatoms. The summed E-state index contributed by atoms with van der Waals surface area (Å²) in [5.41, 5.74) is 6.18. The molecule has 0 aliphatic heterocycles. The van der Waals surface area contributed by atoms with Crippen molar-refractivity contribution in [2.24, 2.45) is 5.73 Å². The van der Waals surface area contributed by atoms with Gasteiger partial charge in [-0.15, -0.1) is 0 Å². The first kappa shape index (κ1) is 14.3. The molecule has 20 heavy (non-hydrogen) atoms. The van der Waals surface area contributed by atoms with E-state index in [0.717, 1.165) is 0 Å². The van der Waals surface area contributed by atoms with Crippen molar-refractivity contribution in [3.05, 3.63) is 64.2 Å². The summed E-state index contributed by atoms with van der Waals surface area (Å²) in [7, 11) is 0. The van der Waals surface area contributed by atoms with Crippen LogP contribution in [0, 0.1) is 11.6 Å². The molecular formula is C14H11ClF2N2O. The normalized spacial score (nSPS) is 10.3. The van der Waals surface area contributed by atoms with E-state index in [1.54, 1.807) is 0 Å². The number of halogens is 3. The van der Waals surface area contributed by atoms with Gasteiger partial charge in [-0.25, -0.2) is 8.78 Å². The van der Waals surface area contributed by atoms with E-state index in [4.69, 9.17) is 17.3 Å². The molecular weight excluding hydrogens is 286 g/mol. The van der Waals surface area contributed by atoms with Gasteiger partial charge in [0.05, 0.1) is 5.02 Å². The van der Waals surface area contributed by atoms with Gasteiger partial charge >= 0.3 is 0 Å². The summed E-state index contributed by atoms with van der Waals surface area (Å²) in [6.45, 7) is 0.120. The van der Waals surface area contributed by atoms with E-state index in [-0.39, 0.29) is 22.7 Å². The van der Waals surface area contributed by atoms with E-state index < -0.39 is 17.5 Å². The van der Waals surface area contributed by atoms with Crippen LogP contribution in [-0.2, 0) is 6.54 Å².